The first-order chi connectivity index (χ1) is 10.4. The molecule has 22 heavy (non-hydrogen) atoms. The predicted molar refractivity (Wildman–Crippen MR) is 91.5 cm³/mol. The van der Waals surface area contributed by atoms with Crippen molar-refractivity contribution in [1.82, 2.24) is 0 Å². The molecule has 0 amide bonds. The third-order valence-electron chi connectivity index (χ3n) is 5.20. The fourth-order valence-corrected chi connectivity index (χ4v) is 3.91. The molecule has 0 spiro atoms. The fraction of sp³-hybridized carbons (Fsp3) is 0.600. The third-order valence-corrected chi connectivity index (χ3v) is 5.20. The van der Waals surface area contributed by atoms with Gasteiger partial charge in [0.2, 0.25) is 0 Å². The minimum atomic E-state index is -0.0922. The zero-order chi connectivity index (χ0) is 15.7. The summed E-state index contributed by atoms with van der Waals surface area (Å²) < 4.78 is 0. The van der Waals surface area contributed by atoms with Crippen LogP contribution in [0.2, 0.25) is 0 Å². The second kappa shape index (κ2) is 5.98. The standard InChI is InChI=1S/C20H27NO/c1-14-8-10-15(11-9-14)19(22)12-18-17-7-5-4-6-16(17)13-20(2,3)21-18/h4-7,14-15H,8-13H2,1-3H3. The summed E-state index contributed by atoms with van der Waals surface area (Å²) >= 11 is 0. The molecule has 3 rings (SSSR count). The molecule has 0 aromatic heterocycles. The molecule has 1 aliphatic heterocycles. The second-order valence-electron chi connectivity index (χ2n) is 7.80. The highest BCUT2D eigenvalue weighted by Crippen LogP contribution is 2.32. The molecule has 0 N–H and O–H groups in total. The van der Waals surface area contributed by atoms with Gasteiger partial charge in [0.05, 0.1) is 11.3 Å². The summed E-state index contributed by atoms with van der Waals surface area (Å²) in [6.45, 7) is 6.62. The molecule has 2 aliphatic rings. The van der Waals surface area contributed by atoms with Gasteiger partial charge in [0.15, 0.2) is 0 Å². The minimum absolute atomic E-state index is 0.0922. The molecule has 1 heterocycles. The van der Waals surface area contributed by atoms with Crippen molar-refractivity contribution in [2.75, 3.05) is 0 Å². The molecule has 2 nitrogen and oxygen atoms in total. The zero-order valence-corrected chi connectivity index (χ0v) is 14.1. The average molecular weight is 297 g/mol. The Kier molecular flexibility index (Phi) is 4.20. The van der Waals surface area contributed by atoms with Gasteiger partial charge in [-0.1, -0.05) is 44.0 Å². The molecule has 1 aromatic rings. The van der Waals surface area contributed by atoms with E-state index < -0.39 is 0 Å². The molecular formula is C20H27NO. The molecule has 1 aromatic carbocycles. The number of carbonyl (C=O) groups is 1. The van der Waals surface area contributed by atoms with E-state index in [1.54, 1.807) is 0 Å². The van der Waals surface area contributed by atoms with Crippen LogP contribution >= 0.6 is 0 Å². The Morgan fingerprint density at radius 3 is 2.59 bits per heavy atom. The smallest absolute Gasteiger partial charge is 0.141 e. The average Bonchev–Trinajstić information content (AvgIpc) is 2.46. The van der Waals surface area contributed by atoms with Crippen LogP contribution in [-0.2, 0) is 11.2 Å². The van der Waals surface area contributed by atoms with Gasteiger partial charge in [0, 0.05) is 12.3 Å². The molecule has 118 valence electrons. The first-order valence-electron chi connectivity index (χ1n) is 8.64. The number of aliphatic imine (C=N–C) groups is 1. The molecule has 0 atom stereocenters. The summed E-state index contributed by atoms with van der Waals surface area (Å²) in [4.78, 5) is 17.6. The van der Waals surface area contributed by atoms with Crippen LogP contribution in [0.4, 0.5) is 0 Å². The van der Waals surface area contributed by atoms with Crippen molar-refractivity contribution in [2.24, 2.45) is 16.8 Å². The Balaban J connectivity index is 1.78. The number of fused-ring (bicyclic) bond motifs is 1. The maximum absolute atomic E-state index is 12.7. The van der Waals surface area contributed by atoms with Crippen molar-refractivity contribution in [3.05, 3.63) is 35.4 Å². The molecule has 1 aliphatic carbocycles. The maximum atomic E-state index is 12.7. The van der Waals surface area contributed by atoms with Gasteiger partial charge < -0.3 is 0 Å². The fourth-order valence-electron chi connectivity index (χ4n) is 3.91. The van der Waals surface area contributed by atoms with Crippen molar-refractivity contribution in [2.45, 2.75) is 64.8 Å². The van der Waals surface area contributed by atoms with Crippen LogP contribution in [0.25, 0.3) is 0 Å². The Bertz CT molecular complexity index is 591. The largest absolute Gasteiger partial charge is 0.299 e. The summed E-state index contributed by atoms with van der Waals surface area (Å²) in [5.41, 5.74) is 3.45. The van der Waals surface area contributed by atoms with Gasteiger partial charge in [-0.15, -0.1) is 0 Å². The van der Waals surface area contributed by atoms with E-state index in [0.717, 1.165) is 30.9 Å². The highest BCUT2D eigenvalue weighted by atomic mass is 16.1. The van der Waals surface area contributed by atoms with Crippen LogP contribution in [0.1, 0.15) is 64.0 Å². The first kappa shape index (κ1) is 15.5. The number of ketones is 1. The van der Waals surface area contributed by atoms with Crippen LogP contribution in [0.3, 0.4) is 0 Å². The lowest BCUT2D eigenvalue weighted by Crippen LogP contribution is -2.31. The predicted octanol–water partition coefficient (Wildman–Crippen LogP) is 4.60. The Labute approximate surface area is 134 Å². The van der Waals surface area contributed by atoms with E-state index in [1.807, 2.05) is 0 Å². The van der Waals surface area contributed by atoms with Gasteiger partial charge in [-0.05, 0) is 50.2 Å². The van der Waals surface area contributed by atoms with Crippen molar-refractivity contribution in [3.8, 4) is 0 Å². The summed E-state index contributed by atoms with van der Waals surface area (Å²) in [6.07, 6.45) is 6.01. The molecule has 0 bridgehead atoms. The molecule has 2 heteroatoms. The lowest BCUT2D eigenvalue weighted by Gasteiger charge is -2.30. The minimum Gasteiger partial charge on any atom is -0.299 e. The van der Waals surface area contributed by atoms with Crippen LogP contribution < -0.4 is 0 Å². The van der Waals surface area contributed by atoms with Crippen LogP contribution in [0, 0.1) is 11.8 Å². The normalized spacial score (nSPS) is 27.0. The summed E-state index contributed by atoms with van der Waals surface area (Å²) in [5.74, 6) is 1.45. The molecule has 0 unspecified atom stereocenters. The van der Waals surface area contributed by atoms with Gasteiger partial charge in [-0.3, -0.25) is 9.79 Å². The number of nitrogens with zero attached hydrogens (tertiary/aromatic N) is 1. The number of rotatable bonds is 3. The molecule has 0 radical (unpaired) electrons. The second-order valence-corrected chi connectivity index (χ2v) is 7.80. The molecule has 1 saturated carbocycles. The van der Waals surface area contributed by atoms with Crippen molar-refractivity contribution < 1.29 is 4.79 Å². The van der Waals surface area contributed by atoms with Crippen molar-refractivity contribution >= 4 is 11.5 Å². The van der Waals surface area contributed by atoms with Crippen molar-refractivity contribution in [1.29, 1.82) is 0 Å². The van der Waals surface area contributed by atoms with E-state index in [4.69, 9.17) is 4.99 Å². The number of carbonyl (C=O) groups excluding carboxylic acids is 1. The highest BCUT2D eigenvalue weighted by Gasteiger charge is 2.30. The van der Waals surface area contributed by atoms with E-state index in [-0.39, 0.29) is 11.5 Å². The van der Waals surface area contributed by atoms with Crippen LogP contribution in [-0.4, -0.2) is 17.0 Å². The molecule has 1 fully saturated rings. The number of hydrogen-bond acceptors (Lipinski definition) is 2. The zero-order valence-electron chi connectivity index (χ0n) is 14.1. The van der Waals surface area contributed by atoms with E-state index in [9.17, 15) is 4.79 Å². The summed E-state index contributed by atoms with van der Waals surface area (Å²) in [6, 6.07) is 8.44. The summed E-state index contributed by atoms with van der Waals surface area (Å²) in [5, 5.41) is 0. The monoisotopic (exact) mass is 297 g/mol. The summed E-state index contributed by atoms with van der Waals surface area (Å²) in [7, 11) is 0. The molecule has 0 saturated heterocycles. The van der Waals surface area contributed by atoms with Gasteiger partial charge >= 0.3 is 0 Å². The van der Waals surface area contributed by atoms with Crippen LogP contribution in [0.5, 0.6) is 0 Å². The SMILES string of the molecule is CC1CCC(C(=O)CC2=NC(C)(C)Cc3ccccc32)CC1. The van der Waals surface area contributed by atoms with Crippen LogP contribution in [0.15, 0.2) is 29.3 Å². The van der Waals surface area contributed by atoms with Gasteiger partial charge in [-0.2, -0.15) is 0 Å². The Morgan fingerprint density at radius 1 is 1.18 bits per heavy atom. The Morgan fingerprint density at radius 2 is 1.86 bits per heavy atom. The number of benzene rings is 1. The van der Waals surface area contributed by atoms with Gasteiger partial charge in [0.25, 0.3) is 0 Å². The van der Waals surface area contributed by atoms with E-state index in [2.05, 4.69) is 45.0 Å². The lowest BCUT2D eigenvalue weighted by atomic mass is 9.78. The maximum Gasteiger partial charge on any atom is 0.141 e. The van der Waals surface area contributed by atoms with Gasteiger partial charge in [0.1, 0.15) is 5.78 Å². The third kappa shape index (κ3) is 3.31. The van der Waals surface area contributed by atoms with Crippen molar-refractivity contribution in [3.63, 3.8) is 0 Å². The van der Waals surface area contributed by atoms with E-state index in [1.165, 1.54) is 24.0 Å². The quantitative estimate of drug-likeness (QED) is 0.802. The van der Waals surface area contributed by atoms with E-state index >= 15 is 0 Å². The first-order valence-corrected chi connectivity index (χ1v) is 8.64. The number of hydrogen-bond donors (Lipinski definition) is 0. The Hall–Kier alpha value is -1.44. The molecular weight excluding hydrogens is 270 g/mol. The van der Waals surface area contributed by atoms with E-state index in [0.29, 0.717) is 12.2 Å². The van der Waals surface area contributed by atoms with Gasteiger partial charge in [-0.25, -0.2) is 0 Å². The highest BCUT2D eigenvalue weighted by molar-refractivity contribution is 6.13. The topological polar surface area (TPSA) is 29.4 Å². The number of Topliss-reactive ketones (excluding diaryl/α,β-unsaturated/α-hetero) is 1. The lowest BCUT2D eigenvalue weighted by molar-refractivity contribution is -0.122.